The van der Waals surface area contributed by atoms with Gasteiger partial charge in [0.2, 0.25) is 5.24 Å². The molecule has 0 bridgehead atoms. The summed E-state index contributed by atoms with van der Waals surface area (Å²) in [6, 6.07) is 0. The number of hydrogen-bond donors (Lipinski definition) is 0. The molecule has 0 radical (unpaired) electrons. The third-order valence-electron chi connectivity index (χ3n) is 0. The molecule has 0 N–H and O–H groups in total. The summed E-state index contributed by atoms with van der Waals surface area (Å²) in [4.78, 5) is 9.21. The van der Waals surface area contributed by atoms with Gasteiger partial charge in [-0.05, 0) is 11.6 Å². The standard InChI is InChI=1S/C2H3ClO.CH2Cl2/c1-2(3)4;2-1-3/h1H3;1H2. The van der Waals surface area contributed by atoms with Gasteiger partial charge in [-0.15, -0.1) is 23.2 Å². The number of halogens is 3. The first-order valence-electron chi connectivity index (χ1n) is 1.43. The molecule has 1 nitrogen and oxygen atoms in total. The summed E-state index contributed by atoms with van der Waals surface area (Å²) in [5.74, 6) is 0. The number of alkyl halides is 2. The monoisotopic (exact) mass is 162 g/mol. The zero-order chi connectivity index (χ0) is 6.28. The maximum absolute atomic E-state index is 9.21. The van der Waals surface area contributed by atoms with Crippen LogP contribution >= 0.6 is 34.8 Å². The minimum Gasteiger partial charge on any atom is -0.282 e. The van der Waals surface area contributed by atoms with Crippen LogP contribution in [0.3, 0.4) is 0 Å². The average molecular weight is 163 g/mol. The van der Waals surface area contributed by atoms with Gasteiger partial charge in [-0.25, -0.2) is 0 Å². The Morgan fingerprint density at radius 3 is 1.57 bits per heavy atom. The average Bonchev–Trinajstić information content (AvgIpc) is 1.33. The zero-order valence-electron chi connectivity index (χ0n) is 3.75. The van der Waals surface area contributed by atoms with Gasteiger partial charge in [-0.2, -0.15) is 0 Å². The predicted octanol–water partition coefficient (Wildman–Crippen LogP) is 2.19. The zero-order valence-corrected chi connectivity index (χ0v) is 6.02. The molecule has 0 unspecified atom stereocenters. The molecule has 0 spiro atoms. The van der Waals surface area contributed by atoms with Crippen molar-refractivity contribution in [2.24, 2.45) is 0 Å². The molecule has 0 aromatic carbocycles. The quantitative estimate of drug-likeness (QED) is 0.395. The van der Waals surface area contributed by atoms with Gasteiger partial charge in [0, 0.05) is 6.92 Å². The second kappa shape index (κ2) is 9.74. The molecule has 0 aliphatic rings. The van der Waals surface area contributed by atoms with E-state index in [4.69, 9.17) is 23.2 Å². The summed E-state index contributed by atoms with van der Waals surface area (Å²) in [7, 11) is 0. The molecular formula is C3H5Cl3O. The Morgan fingerprint density at radius 2 is 1.57 bits per heavy atom. The molecule has 0 atom stereocenters. The molecule has 0 aliphatic heterocycles. The first-order chi connectivity index (χ1) is 3.15. The second-order valence-electron chi connectivity index (χ2n) is 0.571. The SMILES string of the molecule is CC(=O)Cl.ClCCl. The topological polar surface area (TPSA) is 17.1 Å². The summed E-state index contributed by atoms with van der Waals surface area (Å²) >= 11 is 14.2. The van der Waals surface area contributed by atoms with Gasteiger partial charge in [0.25, 0.3) is 0 Å². The van der Waals surface area contributed by atoms with Crippen LogP contribution in [-0.4, -0.2) is 10.6 Å². The third kappa shape index (κ3) is 462. The van der Waals surface area contributed by atoms with E-state index in [9.17, 15) is 4.79 Å². The van der Waals surface area contributed by atoms with E-state index in [0.29, 0.717) is 0 Å². The fraction of sp³-hybridized carbons (Fsp3) is 0.667. The normalized spacial score (nSPS) is 6.29. The van der Waals surface area contributed by atoms with Gasteiger partial charge >= 0.3 is 0 Å². The van der Waals surface area contributed by atoms with Crippen LogP contribution in [0.1, 0.15) is 6.92 Å². The summed E-state index contributed by atoms with van der Waals surface area (Å²) in [6.45, 7) is 1.29. The van der Waals surface area contributed by atoms with Crippen molar-refractivity contribution in [3.63, 3.8) is 0 Å². The molecule has 4 heteroatoms. The van der Waals surface area contributed by atoms with Crippen LogP contribution in [0.25, 0.3) is 0 Å². The first-order valence-corrected chi connectivity index (χ1v) is 2.87. The summed E-state index contributed by atoms with van der Waals surface area (Å²) < 4.78 is 0. The Bertz CT molecular complexity index is 41.4. The highest BCUT2D eigenvalue weighted by Gasteiger charge is 1.67. The van der Waals surface area contributed by atoms with Crippen molar-refractivity contribution in [1.82, 2.24) is 0 Å². The van der Waals surface area contributed by atoms with Gasteiger partial charge in [0.1, 0.15) is 0 Å². The van der Waals surface area contributed by atoms with E-state index in [1.807, 2.05) is 0 Å². The van der Waals surface area contributed by atoms with Crippen LogP contribution in [0.5, 0.6) is 0 Å². The van der Waals surface area contributed by atoms with E-state index >= 15 is 0 Å². The lowest BCUT2D eigenvalue weighted by molar-refractivity contribution is -0.109. The molecule has 0 fully saturated rings. The predicted molar refractivity (Wildman–Crippen MR) is 33.1 cm³/mol. The molecule has 0 rings (SSSR count). The minimum atomic E-state index is -0.361. The molecule has 0 amide bonds. The van der Waals surface area contributed by atoms with Crippen LogP contribution in [-0.2, 0) is 4.79 Å². The fourth-order valence-electron chi connectivity index (χ4n) is 0. The first kappa shape index (κ1) is 10.5. The van der Waals surface area contributed by atoms with Crippen molar-refractivity contribution in [3.8, 4) is 0 Å². The van der Waals surface area contributed by atoms with E-state index in [2.05, 4.69) is 11.6 Å². The summed E-state index contributed by atoms with van der Waals surface area (Å²) in [6.07, 6.45) is 0. The van der Waals surface area contributed by atoms with E-state index in [1.165, 1.54) is 6.92 Å². The fourth-order valence-corrected chi connectivity index (χ4v) is 0. The molecule has 0 aromatic rings. The molecule has 0 saturated carbocycles. The van der Waals surface area contributed by atoms with E-state index in [-0.39, 0.29) is 10.6 Å². The Hall–Kier alpha value is 0.540. The van der Waals surface area contributed by atoms with E-state index in [1.54, 1.807) is 0 Å². The maximum Gasteiger partial charge on any atom is 0.218 e. The van der Waals surface area contributed by atoms with Gasteiger partial charge < -0.3 is 0 Å². The van der Waals surface area contributed by atoms with Crippen molar-refractivity contribution in [2.45, 2.75) is 6.92 Å². The molecule has 0 aromatic heterocycles. The molecule has 7 heavy (non-hydrogen) atoms. The Labute approximate surface area is 57.5 Å². The van der Waals surface area contributed by atoms with E-state index < -0.39 is 0 Å². The Kier molecular flexibility index (Phi) is 14.6. The van der Waals surface area contributed by atoms with Gasteiger partial charge in [0.05, 0.1) is 5.34 Å². The van der Waals surface area contributed by atoms with Crippen LogP contribution in [0.4, 0.5) is 0 Å². The lowest BCUT2D eigenvalue weighted by Crippen LogP contribution is -1.62. The summed E-state index contributed by atoms with van der Waals surface area (Å²) in [5, 5.41) is -0.167. The second-order valence-corrected chi connectivity index (χ2v) is 1.91. The van der Waals surface area contributed by atoms with Crippen molar-refractivity contribution < 1.29 is 4.79 Å². The number of carbonyl (C=O) groups excluding carboxylic acids is 1. The third-order valence-corrected chi connectivity index (χ3v) is 0. The van der Waals surface area contributed by atoms with Crippen molar-refractivity contribution in [1.29, 1.82) is 0 Å². The largest absolute Gasteiger partial charge is 0.282 e. The maximum atomic E-state index is 9.21. The van der Waals surface area contributed by atoms with Crippen LogP contribution < -0.4 is 0 Å². The van der Waals surface area contributed by atoms with Crippen molar-refractivity contribution in [3.05, 3.63) is 0 Å². The van der Waals surface area contributed by atoms with Gasteiger partial charge in [-0.3, -0.25) is 4.79 Å². The van der Waals surface area contributed by atoms with Crippen molar-refractivity contribution >= 4 is 40.0 Å². The molecular weight excluding hydrogens is 158 g/mol. The van der Waals surface area contributed by atoms with Crippen LogP contribution in [0, 0.1) is 0 Å². The highest BCUT2D eigenvalue weighted by molar-refractivity contribution is 6.62. The Morgan fingerprint density at radius 1 is 1.57 bits per heavy atom. The van der Waals surface area contributed by atoms with Crippen molar-refractivity contribution in [2.75, 3.05) is 5.34 Å². The molecule has 0 heterocycles. The number of rotatable bonds is 0. The van der Waals surface area contributed by atoms with E-state index in [0.717, 1.165) is 0 Å². The van der Waals surface area contributed by atoms with Crippen LogP contribution in [0.15, 0.2) is 0 Å². The van der Waals surface area contributed by atoms with Gasteiger partial charge in [0.15, 0.2) is 0 Å². The molecule has 0 saturated heterocycles. The highest BCUT2D eigenvalue weighted by Crippen LogP contribution is 1.73. The number of hydrogen-bond acceptors (Lipinski definition) is 1. The smallest absolute Gasteiger partial charge is 0.218 e. The lowest BCUT2D eigenvalue weighted by atomic mass is 10.9. The Balaban J connectivity index is 0. The van der Waals surface area contributed by atoms with Crippen LogP contribution in [0.2, 0.25) is 0 Å². The molecule has 44 valence electrons. The molecule has 0 aliphatic carbocycles. The minimum absolute atomic E-state index is 0.194. The summed E-state index contributed by atoms with van der Waals surface area (Å²) in [5.41, 5.74) is 0. The highest BCUT2D eigenvalue weighted by atomic mass is 35.5. The lowest BCUT2D eigenvalue weighted by Gasteiger charge is -1.52. The van der Waals surface area contributed by atoms with Gasteiger partial charge in [-0.1, -0.05) is 0 Å². The number of carbonyl (C=O) groups is 1.